The summed E-state index contributed by atoms with van der Waals surface area (Å²) in [7, 11) is 0. The number of carbonyl (C=O) groups excluding carboxylic acids is 1. The van der Waals surface area contributed by atoms with Gasteiger partial charge in [0.2, 0.25) is 0 Å². The number of nitriles is 1. The summed E-state index contributed by atoms with van der Waals surface area (Å²) >= 11 is 1.47. The second-order valence-corrected chi connectivity index (χ2v) is 8.03. The first-order valence-electron chi connectivity index (χ1n) is 9.55. The van der Waals surface area contributed by atoms with Crippen LogP contribution in [0.5, 0.6) is 0 Å². The monoisotopic (exact) mass is 394 g/mol. The molecule has 0 bridgehead atoms. The lowest BCUT2D eigenvalue weighted by Crippen LogP contribution is -2.41. The quantitative estimate of drug-likeness (QED) is 0.786. The fraction of sp³-hybridized carbons (Fsp3) is 0.364. The Hall–Kier alpha value is -2.33. The molecule has 4 rings (SSSR count). The van der Waals surface area contributed by atoms with E-state index in [4.69, 9.17) is 9.47 Å². The van der Waals surface area contributed by atoms with Crippen LogP contribution in [0, 0.1) is 17.2 Å². The van der Waals surface area contributed by atoms with Gasteiger partial charge in [0.05, 0.1) is 24.3 Å². The third-order valence-electron chi connectivity index (χ3n) is 5.20. The lowest BCUT2D eigenvalue weighted by molar-refractivity contribution is -0.0956. The van der Waals surface area contributed by atoms with Gasteiger partial charge in [-0.25, -0.2) is 0 Å². The van der Waals surface area contributed by atoms with E-state index in [0.29, 0.717) is 43.3 Å². The van der Waals surface area contributed by atoms with Gasteiger partial charge in [-0.1, -0.05) is 36.0 Å². The maximum Gasteiger partial charge on any atom is 0.255 e. The molecule has 1 amide bonds. The Kier molecular flexibility index (Phi) is 5.96. The number of nitrogens with zero attached hydrogens (tertiary/aromatic N) is 2. The Morgan fingerprint density at radius 3 is 2.36 bits per heavy atom. The second kappa shape index (κ2) is 8.78. The molecule has 6 heteroatoms. The van der Waals surface area contributed by atoms with Crippen molar-refractivity contribution >= 4 is 17.7 Å². The average Bonchev–Trinajstić information content (AvgIpc) is 3.29. The van der Waals surface area contributed by atoms with Gasteiger partial charge in [-0.05, 0) is 37.1 Å². The number of likely N-dealkylation sites (tertiary alicyclic amines) is 1. The molecule has 2 aromatic rings. The largest absolute Gasteiger partial charge is 0.350 e. The fourth-order valence-corrected chi connectivity index (χ4v) is 4.71. The first-order valence-corrected chi connectivity index (χ1v) is 10.4. The topological polar surface area (TPSA) is 62.6 Å². The third kappa shape index (κ3) is 4.07. The van der Waals surface area contributed by atoms with Crippen molar-refractivity contribution in [2.24, 2.45) is 5.92 Å². The Balaban J connectivity index is 1.47. The fourth-order valence-electron chi connectivity index (χ4n) is 3.69. The molecule has 2 fully saturated rings. The van der Waals surface area contributed by atoms with Gasteiger partial charge in [0.1, 0.15) is 6.07 Å². The maximum absolute atomic E-state index is 13.2. The van der Waals surface area contributed by atoms with Crippen molar-refractivity contribution < 1.29 is 14.3 Å². The molecule has 2 aliphatic rings. The molecule has 28 heavy (non-hydrogen) atoms. The summed E-state index contributed by atoms with van der Waals surface area (Å²) in [5, 5.41) is 9.33. The predicted molar refractivity (Wildman–Crippen MR) is 106 cm³/mol. The molecule has 0 radical (unpaired) electrons. The van der Waals surface area contributed by atoms with Crippen LogP contribution in [0.25, 0.3) is 0 Å². The molecule has 0 N–H and O–H groups in total. The van der Waals surface area contributed by atoms with Gasteiger partial charge in [-0.3, -0.25) is 4.79 Å². The zero-order valence-electron chi connectivity index (χ0n) is 15.5. The van der Waals surface area contributed by atoms with Crippen LogP contribution in [-0.2, 0) is 9.47 Å². The SMILES string of the molecule is N#Cc1ccccc1Sc1ccccc1C(=O)N1CCC(C2OCCO2)CC1. The first-order chi connectivity index (χ1) is 13.8. The van der Waals surface area contributed by atoms with Crippen molar-refractivity contribution in [3.05, 3.63) is 59.7 Å². The van der Waals surface area contributed by atoms with E-state index < -0.39 is 0 Å². The molecule has 0 unspecified atom stereocenters. The van der Waals surface area contributed by atoms with Gasteiger partial charge in [-0.2, -0.15) is 5.26 Å². The van der Waals surface area contributed by atoms with Crippen LogP contribution in [-0.4, -0.2) is 43.4 Å². The number of ether oxygens (including phenoxy) is 2. The first kappa shape index (κ1) is 19.0. The number of carbonyl (C=O) groups is 1. The normalized spacial score (nSPS) is 18.2. The van der Waals surface area contributed by atoms with Crippen LogP contribution in [0.1, 0.15) is 28.8 Å². The van der Waals surface area contributed by atoms with E-state index in [1.165, 1.54) is 11.8 Å². The van der Waals surface area contributed by atoms with E-state index in [1.54, 1.807) is 6.07 Å². The minimum atomic E-state index is -0.109. The van der Waals surface area contributed by atoms with Gasteiger partial charge in [-0.15, -0.1) is 0 Å². The number of piperidine rings is 1. The Morgan fingerprint density at radius 1 is 1.00 bits per heavy atom. The van der Waals surface area contributed by atoms with Crippen LogP contribution >= 0.6 is 11.8 Å². The zero-order valence-corrected chi connectivity index (χ0v) is 16.4. The minimum Gasteiger partial charge on any atom is -0.350 e. The van der Waals surface area contributed by atoms with E-state index >= 15 is 0 Å². The van der Waals surface area contributed by atoms with Gasteiger partial charge in [0, 0.05) is 28.8 Å². The molecule has 0 atom stereocenters. The lowest BCUT2D eigenvalue weighted by Gasteiger charge is -2.34. The smallest absolute Gasteiger partial charge is 0.255 e. The Bertz CT molecular complexity index is 881. The van der Waals surface area contributed by atoms with E-state index in [0.717, 1.165) is 22.6 Å². The van der Waals surface area contributed by atoms with Crippen molar-refractivity contribution in [2.75, 3.05) is 26.3 Å². The van der Waals surface area contributed by atoms with Crippen molar-refractivity contribution in [2.45, 2.75) is 28.9 Å². The molecular formula is C22H22N2O3S. The number of rotatable bonds is 4. The number of benzene rings is 2. The van der Waals surface area contributed by atoms with Crippen LogP contribution in [0.15, 0.2) is 58.3 Å². The summed E-state index contributed by atoms with van der Waals surface area (Å²) < 4.78 is 11.2. The molecule has 2 aromatic carbocycles. The zero-order chi connectivity index (χ0) is 19.3. The highest BCUT2D eigenvalue weighted by Crippen LogP contribution is 2.34. The molecule has 144 valence electrons. The Morgan fingerprint density at radius 2 is 1.64 bits per heavy atom. The van der Waals surface area contributed by atoms with Crippen molar-refractivity contribution in [3.8, 4) is 6.07 Å². The lowest BCUT2D eigenvalue weighted by atomic mass is 9.95. The average molecular weight is 394 g/mol. The third-order valence-corrected chi connectivity index (χ3v) is 6.36. The molecule has 2 heterocycles. The Labute approximate surface area is 169 Å². The van der Waals surface area contributed by atoms with Crippen molar-refractivity contribution in [3.63, 3.8) is 0 Å². The molecule has 2 saturated heterocycles. The minimum absolute atomic E-state index is 0.0456. The highest BCUT2D eigenvalue weighted by molar-refractivity contribution is 7.99. The second-order valence-electron chi connectivity index (χ2n) is 6.95. The highest BCUT2D eigenvalue weighted by atomic mass is 32.2. The maximum atomic E-state index is 13.2. The molecule has 0 saturated carbocycles. The summed E-state index contributed by atoms with van der Waals surface area (Å²) in [6, 6.07) is 17.3. The summed E-state index contributed by atoms with van der Waals surface area (Å²) in [4.78, 5) is 16.8. The van der Waals surface area contributed by atoms with E-state index in [2.05, 4.69) is 6.07 Å². The molecule has 0 aromatic heterocycles. The van der Waals surface area contributed by atoms with E-state index in [-0.39, 0.29) is 12.2 Å². The number of amides is 1. The van der Waals surface area contributed by atoms with Gasteiger partial charge >= 0.3 is 0 Å². The van der Waals surface area contributed by atoms with E-state index in [9.17, 15) is 10.1 Å². The van der Waals surface area contributed by atoms with Crippen LogP contribution in [0.2, 0.25) is 0 Å². The summed E-state index contributed by atoms with van der Waals surface area (Å²) in [6.07, 6.45) is 1.67. The molecule has 0 aliphatic carbocycles. The summed E-state index contributed by atoms with van der Waals surface area (Å²) in [6.45, 7) is 2.75. The van der Waals surface area contributed by atoms with Gasteiger partial charge < -0.3 is 14.4 Å². The summed E-state index contributed by atoms with van der Waals surface area (Å²) in [5.74, 6) is 0.405. The highest BCUT2D eigenvalue weighted by Gasteiger charge is 2.32. The molecular weight excluding hydrogens is 372 g/mol. The number of hydrogen-bond donors (Lipinski definition) is 0. The van der Waals surface area contributed by atoms with Crippen LogP contribution < -0.4 is 0 Å². The van der Waals surface area contributed by atoms with Crippen LogP contribution in [0.4, 0.5) is 0 Å². The van der Waals surface area contributed by atoms with Crippen molar-refractivity contribution in [1.29, 1.82) is 5.26 Å². The molecule has 0 spiro atoms. The van der Waals surface area contributed by atoms with Gasteiger partial charge in [0.25, 0.3) is 5.91 Å². The van der Waals surface area contributed by atoms with Crippen LogP contribution in [0.3, 0.4) is 0 Å². The summed E-state index contributed by atoms with van der Waals surface area (Å²) in [5.41, 5.74) is 1.30. The molecule has 2 aliphatic heterocycles. The molecule has 5 nitrogen and oxygen atoms in total. The number of hydrogen-bond acceptors (Lipinski definition) is 5. The predicted octanol–water partition coefficient (Wildman–Crippen LogP) is 3.93. The van der Waals surface area contributed by atoms with Crippen molar-refractivity contribution in [1.82, 2.24) is 4.90 Å². The standard InChI is InChI=1S/C22H22N2O3S/c23-15-17-5-1-3-7-19(17)28-20-8-4-2-6-18(20)21(25)24-11-9-16(10-12-24)22-26-13-14-27-22/h1-8,16,22H,9-14H2. The van der Waals surface area contributed by atoms with Gasteiger partial charge in [0.15, 0.2) is 6.29 Å². The van der Waals surface area contributed by atoms with E-state index in [1.807, 2.05) is 47.4 Å².